The van der Waals surface area contributed by atoms with E-state index >= 15 is 0 Å². The summed E-state index contributed by atoms with van der Waals surface area (Å²) in [5, 5.41) is 0. The monoisotopic (exact) mass is 178 g/mol. The zero-order valence-corrected chi connectivity index (χ0v) is 7.79. The van der Waals surface area contributed by atoms with E-state index in [0.29, 0.717) is 12.1 Å². The molecular weight excluding hydrogens is 164 g/mol. The van der Waals surface area contributed by atoms with Crippen molar-refractivity contribution < 1.29 is 0 Å². The average Bonchev–Trinajstić information content (AvgIpc) is 2.08. The van der Waals surface area contributed by atoms with Crippen molar-refractivity contribution in [2.75, 3.05) is 0 Å². The van der Waals surface area contributed by atoms with Crippen molar-refractivity contribution in [3.63, 3.8) is 0 Å². The molecule has 0 aromatic carbocycles. The van der Waals surface area contributed by atoms with E-state index in [0.717, 1.165) is 5.57 Å². The van der Waals surface area contributed by atoms with Gasteiger partial charge in [-0.25, -0.2) is 0 Å². The van der Waals surface area contributed by atoms with Crippen LogP contribution in [0.3, 0.4) is 0 Å². The summed E-state index contributed by atoms with van der Waals surface area (Å²) in [7, 11) is 0. The molecule has 0 radical (unpaired) electrons. The van der Waals surface area contributed by atoms with Gasteiger partial charge in [0.1, 0.15) is 0 Å². The Bertz CT molecular complexity index is 365. The molecule has 0 amide bonds. The summed E-state index contributed by atoms with van der Waals surface area (Å²) in [4.78, 5) is 11.6. The van der Waals surface area contributed by atoms with Gasteiger partial charge < -0.3 is 10.3 Å². The van der Waals surface area contributed by atoms with Crippen LogP contribution in [-0.2, 0) is 13.1 Å². The van der Waals surface area contributed by atoms with Crippen LogP contribution in [0, 0.1) is 0 Å². The van der Waals surface area contributed by atoms with E-state index in [2.05, 4.69) is 6.58 Å². The summed E-state index contributed by atoms with van der Waals surface area (Å²) in [5.74, 6) is 0. The van der Waals surface area contributed by atoms with Crippen LogP contribution in [0.25, 0.3) is 0 Å². The van der Waals surface area contributed by atoms with E-state index in [-0.39, 0.29) is 12.1 Å². The molecule has 1 heterocycles. The van der Waals surface area contributed by atoms with Crippen LogP contribution in [0.4, 0.5) is 0 Å². The fourth-order valence-electron chi connectivity index (χ4n) is 1.16. The van der Waals surface area contributed by atoms with E-state index in [4.69, 9.17) is 5.73 Å². The van der Waals surface area contributed by atoms with Crippen molar-refractivity contribution in [1.82, 2.24) is 4.57 Å². The number of allylic oxidation sites excluding steroid dienone is 1. The molecule has 3 nitrogen and oxygen atoms in total. The molecule has 1 aromatic rings. The van der Waals surface area contributed by atoms with E-state index in [1.165, 1.54) is 0 Å². The first kappa shape index (κ1) is 9.74. The predicted octanol–water partition coefficient (Wildman–Crippen LogP) is 0.883. The molecule has 13 heavy (non-hydrogen) atoms. The largest absolute Gasteiger partial charge is 0.326 e. The molecule has 1 aromatic heterocycles. The highest BCUT2D eigenvalue weighted by atomic mass is 16.1. The highest BCUT2D eigenvalue weighted by molar-refractivity contribution is 5.10. The van der Waals surface area contributed by atoms with Gasteiger partial charge in [0.2, 0.25) is 0 Å². The third-order valence-corrected chi connectivity index (χ3v) is 1.76. The Kier molecular flexibility index (Phi) is 3.03. The minimum absolute atomic E-state index is 0.0204. The van der Waals surface area contributed by atoms with Crippen LogP contribution in [-0.4, -0.2) is 4.57 Å². The molecule has 2 N–H and O–H groups in total. The van der Waals surface area contributed by atoms with Crippen molar-refractivity contribution in [3.8, 4) is 0 Å². The summed E-state index contributed by atoms with van der Waals surface area (Å²) in [6, 6.07) is 3.57. The Morgan fingerprint density at radius 2 is 2.38 bits per heavy atom. The second kappa shape index (κ2) is 4.05. The molecule has 0 aliphatic heterocycles. The maximum Gasteiger partial charge on any atom is 0.255 e. The van der Waals surface area contributed by atoms with E-state index in [1.807, 2.05) is 13.0 Å². The summed E-state index contributed by atoms with van der Waals surface area (Å²) in [5.41, 5.74) is 6.99. The van der Waals surface area contributed by atoms with Crippen molar-refractivity contribution in [3.05, 3.63) is 46.4 Å². The molecule has 0 spiro atoms. The molecule has 1 rings (SSSR count). The van der Waals surface area contributed by atoms with Gasteiger partial charge in [-0.2, -0.15) is 0 Å². The SMILES string of the molecule is C=C(C)Cn1cccc(CN)c1=O. The van der Waals surface area contributed by atoms with E-state index < -0.39 is 0 Å². The molecule has 0 saturated heterocycles. The highest BCUT2D eigenvalue weighted by Gasteiger charge is 2.00. The normalized spacial score (nSPS) is 10.0. The van der Waals surface area contributed by atoms with Gasteiger partial charge in [-0.1, -0.05) is 18.2 Å². The lowest BCUT2D eigenvalue weighted by atomic mass is 10.2. The second-order valence-corrected chi connectivity index (χ2v) is 3.13. The van der Waals surface area contributed by atoms with Crippen molar-refractivity contribution in [1.29, 1.82) is 0 Å². The number of hydrogen-bond donors (Lipinski definition) is 1. The lowest BCUT2D eigenvalue weighted by Gasteiger charge is -2.05. The standard InChI is InChI=1S/C10H14N2O/c1-8(2)7-12-5-3-4-9(6-11)10(12)13/h3-5H,1,6-7,11H2,2H3. The number of rotatable bonds is 3. The average molecular weight is 178 g/mol. The first-order valence-corrected chi connectivity index (χ1v) is 4.18. The fourth-order valence-corrected chi connectivity index (χ4v) is 1.16. The van der Waals surface area contributed by atoms with Gasteiger partial charge in [0.15, 0.2) is 0 Å². The molecule has 3 heteroatoms. The Morgan fingerprint density at radius 1 is 1.69 bits per heavy atom. The molecule has 0 aliphatic rings. The third kappa shape index (κ3) is 2.29. The summed E-state index contributed by atoms with van der Waals surface area (Å²) >= 11 is 0. The maximum atomic E-state index is 11.6. The number of hydrogen-bond acceptors (Lipinski definition) is 2. The minimum Gasteiger partial charge on any atom is -0.326 e. The van der Waals surface area contributed by atoms with Gasteiger partial charge in [0.25, 0.3) is 5.56 Å². The van der Waals surface area contributed by atoms with E-state index in [9.17, 15) is 4.79 Å². The molecule has 70 valence electrons. The number of aromatic nitrogens is 1. The van der Waals surface area contributed by atoms with Gasteiger partial charge in [-0.3, -0.25) is 4.79 Å². The van der Waals surface area contributed by atoms with Gasteiger partial charge >= 0.3 is 0 Å². The van der Waals surface area contributed by atoms with E-state index in [1.54, 1.807) is 16.8 Å². The molecule has 0 unspecified atom stereocenters. The summed E-state index contributed by atoms with van der Waals surface area (Å²) in [6.45, 7) is 6.50. The first-order valence-electron chi connectivity index (χ1n) is 4.18. The molecular formula is C10H14N2O. The molecule has 0 bridgehead atoms. The molecule has 0 aliphatic carbocycles. The lowest BCUT2D eigenvalue weighted by molar-refractivity contribution is 0.734. The van der Waals surface area contributed by atoms with Crippen LogP contribution in [0.1, 0.15) is 12.5 Å². The second-order valence-electron chi connectivity index (χ2n) is 3.13. The first-order chi connectivity index (χ1) is 6.15. The van der Waals surface area contributed by atoms with Crippen molar-refractivity contribution in [2.45, 2.75) is 20.0 Å². The highest BCUT2D eigenvalue weighted by Crippen LogP contribution is 1.94. The quantitative estimate of drug-likeness (QED) is 0.698. The van der Waals surface area contributed by atoms with Crippen LogP contribution in [0.15, 0.2) is 35.3 Å². The Labute approximate surface area is 77.5 Å². The fraction of sp³-hybridized carbons (Fsp3) is 0.300. The Hall–Kier alpha value is -1.35. The number of nitrogens with two attached hydrogens (primary N) is 1. The van der Waals surface area contributed by atoms with Gasteiger partial charge in [-0.05, 0) is 13.0 Å². The van der Waals surface area contributed by atoms with Crippen molar-refractivity contribution in [2.24, 2.45) is 5.73 Å². The summed E-state index contributed by atoms with van der Waals surface area (Å²) in [6.07, 6.45) is 1.75. The van der Waals surface area contributed by atoms with Crippen LogP contribution >= 0.6 is 0 Å². The molecule has 0 saturated carbocycles. The van der Waals surface area contributed by atoms with Gasteiger partial charge in [0, 0.05) is 24.8 Å². The Morgan fingerprint density at radius 3 is 2.92 bits per heavy atom. The number of nitrogens with zero attached hydrogens (tertiary/aromatic N) is 1. The topological polar surface area (TPSA) is 48.0 Å². The van der Waals surface area contributed by atoms with Gasteiger partial charge in [-0.15, -0.1) is 0 Å². The maximum absolute atomic E-state index is 11.6. The molecule has 0 fully saturated rings. The van der Waals surface area contributed by atoms with Gasteiger partial charge in [0.05, 0.1) is 0 Å². The Balaban J connectivity index is 3.09. The van der Waals surface area contributed by atoms with Crippen molar-refractivity contribution >= 4 is 0 Å². The zero-order chi connectivity index (χ0) is 9.84. The lowest BCUT2D eigenvalue weighted by Crippen LogP contribution is -2.24. The third-order valence-electron chi connectivity index (χ3n) is 1.76. The predicted molar refractivity (Wildman–Crippen MR) is 53.4 cm³/mol. The zero-order valence-electron chi connectivity index (χ0n) is 7.79. The smallest absolute Gasteiger partial charge is 0.255 e. The summed E-state index contributed by atoms with van der Waals surface area (Å²) < 4.78 is 1.62. The van der Waals surface area contributed by atoms with Crippen LogP contribution < -0.4 is 11.3 Å². The minimum atomic E-state index is -0.0204. The number of pyridine rings is 1. The molecule has 0 atom stereocenters. The van der Waals surface area contributed by atoms with Crippen LogP contribution in [0.5, 0.6) is 0 Å². The van der Waals surface area contributed by atoms with Crippen LogP contribution in [0.2, 0.25) is 0 Å².